The minimum atomic E-state index is -0.210. The normalized spacial score (nSPS) is 11.1. The Bertz CT molecular complexity index is 768. The number of nitrogens with zero attached hydrogens (tertiary/aromatic N) is 3. The van der Waals surface area contributed by atoms with E-state index in [4.69, 9.17) is 0 Å². The highest BCUT2D eigenvalue weighted by molar-refractivity contribution is 7.98. The van der Waals surface area contributed by atoms with Crippen molar-refractivity contribution in [3.8, 4) is 0 Å². The summed E-state index contributed by atoms with van der Waals surface area (Å²) in [5, 5.41) is 2.25. The van der Waals surface area contributed by atoms with Gasteiger partial charge in [-0.2, -0.15) is 0 Å². The molecule has 0 aromatic carbocycles. The van der Waals surface area contributed by atoms with Crippen molar-refractivity contribution >= 4 is 33.6 Å². The third kappa shape index (κ3) is 1.57. The maximum atomic E-state index is 11.9. The summed E-state index contributed by atoms with van der Waals surface area (Å²) in [6.07, 6.45) is 6.87. The van der Waals surface area contributed by atoms with Crippen LogP contribution in [0.25, 0.3) is 21.8 Å². The van der Waals surface area contributed by atoms with Crippen LogP contribution in [-0.4, -0.2) is 26.2 Å². The van der Waals surface area contributed by atoms with Crippen molar-refractivity contribution < 1.29 is 0 Å². The van der Waals surface area contributed by atoms with Gasteiger partial charge >= 0.3 is 0 Å². The van der Waals surface area contributed by atoms with Crippen molar-refractivity contribution in [2.24, 2.45) is 0 Å². The van der Waals surface area contributed by atoms with E-state index in [-0.39, 0.29) is 5.56 Å². The molecule has 3 heterocycles. The molecule has 0 unspecified atom stereocenters. The van der Waals surface area contributed by atoms with Crippen molar-refractivity contribution in [1.29, 1.82) is 0 Å². The molecular formula is C11H8N4OS. The quantitative estimate of drug-likeness (QED) is 0.400. The van der Waals surface area contributed by atoms with Crippen LogP contribution in [0, 0.1) is 0 Å². The number of pyridine rings is 2. The fourth-order valence-corrected chi connectivity index (χ4v) is 2.09. The SMILES string of the molecule is CSc1ncc2c(n1)c(=O)[nH]c1cnccc12. The number of aromatic nitrogens is 4. The lowest BCUT2D eigenvalue weighted by Crippen LogP contribution is -2.09. The number of H-pyrrole nitrogens is 1. The zero-order valence-electron chi connectivity index (χ0n) is 8.97. The Balaban J connectivity index is 2.54. The summed E-state index contributed by atoms with van der Waals surface area (Å²) >= 11 is 1.41. The summed E-state index contributed by atoms with van der Waals surface area (Å²) in [6.45, 7) is 0. The first-order valence-electron chi connectivity index (χ1n) is 4.96. The first-order chi connectivity index (χ1) is 8.29. The Morgan fingerprint density at radius 3 is 3.00 bits per heavy atom. The number of hydrogen-bond acceptors (Lipinski definition) is 5. The second kappa shape index (κ2) is 3.81. The average molecular weight is 244 g/mol. The van der Waals surface area contributed by atoms with Gasteiger partial charge in [-0.1, -0.05) is 11.8 Å². The average Bonchev–Trinajstić information content (AvgIpc) is 2.38. The van der Waals surface area contributed by atoms with Crippen LogP contribution < -0.4 is 5.56 Å². The maximum absolute atomic E-state index is 11.9. The molecule has 0 saturated carbocycles. The molecule has 3 aromatic rings. The monoisotopic (exact) mass is 244 g/mol. The molecule has 5 nitrogen and oxygen atoms in total. The fourth-order valence-electron chi connectivity index (χ4n) is 1.74. The van der Waals surface area contributed by atoms with E-state index in [1.807, 2.05) is 12.3 Å². The van der Waals surface area contributed by atoms with E-state index >= 15 is 0 Å². The molecule has 0 fully saturated rings. The van der Waals surface area contributed by atoms with Gasteiger partial charge in [-0.05, 0) is 12.3 Å². The van der Waals surface area contributed by atoms with Crippen LogP contribution in [0.2, 0.25) is 0 Å². The smallest absolute Gasteiger partial charge is 0.275 e. The van der Waals surface area contributed by atoms with E-state index in [0.29, 0.717) is 16.2 Å². The third-order valence-electron chi connectivity index (χ3n) is 2.52. The van der Waals surface area contributed by atoms with Gasteiger partial charge in [0.2, 0.25) is 0 Å². The molecule has 3 aromatic heterocycles. The number of thioether (sulfide) groups is 1. The van der Waals surface area contributed by atoms with Gasteiger partial charge in [0.1, 0.15) is 5.52 Å². The second-order valence-electron chi connectivity index (χ2n) is 3.49. The number of nitrogens with one attached hydrogen (secondary N) is 1. The Morgan fingerprint density at radius 2 is 2.18 bits per heavy atom. The zero-order valence-corrected chi connectivity index (χ0v) is 9.78. The lowest BCUT2D eigenvalue weighted by molar-refractivity contribution is 1.00. The second-order valence-corrected chi connectivity index (χ2v) is 4.27. The highest BCUT2D eigenvalue weighted by Crippen LogP contribution is 2.19. The Hall–Kier alpha value is -1.95. The lowest BCUT2D eigenvalue weighted by Gasteiger charge is -2.02. The molecule has 17 heavy (non-hydrogen) atoms. The fraction of sp³-hybridized carbons (Fsp3) is 0.0909. The number of hydrogen-bond donors (Lipinski definition) is 1. The molecule has 84 valence electrons. The van der Waals surface area contributed by atoms with Crippen LogP contribution in [0.3, 0.4) is 0 Å². The van der Waals surface area contributed by atoms with Gasteiger partial charge in [-0.3, -0.25) is 9.78 Å². The zero-order chi connectivity index (χ0) is 11.8. The van der Waals surface area contributed by atoms with Crippen molar-refractivity contribution in [2.45, 2.75) is 5.16 Å². The summed E-state index contributed by atoms with van der Waals surface area (Å²) in [5.41, 5.74) is 0.909. The molecule has 0 aliphatic rings. The molecule has 0 spiro atoms. The third-order valence-corrected chi connectivity index (χ3v) is 3.09. The van der Waals surface area contributed by atoms with Crippen LogP contribution in [0.4, 0.5) is 0 Å². The molecule has 0 aliphatic carbocycles. The summed E-state index contributed by atoms with van der Waals surface area (Å²) in [5.74, 6) is 0. The van der Waals surface area contributed by atoms with Crippen LogP contribution in [0.5, 0.6) is 0 Å². The van der Waals surface area contributed by atoms with Gasteiger partial charge in [-0.15, -0.1) is 0 Å². The van der Waals surface area contributed by atoms with Gasteiger partial charge in [0.05, 0.1) is 11.7 Å². The molecule has 6 heteroatoms. The van der Waals surface area contributed by atoms with Crippen molar-refractivity contribution in [1.82, 2.24) is 19.9 Å². The number of aromatic amines is 1. The molecular weight excluding hydrogens is 236 g/mol. The summed E-state index contributed by atoms with van der Waals surface area (Å²) in [7, 11) is 0. The summed E-state index contributed by atoms with van der Waals surface area (Å²) in [4.78, 5) is 27.1. The predicted octanol–water partition coefficient (Wildman–Crippen LogP) is 1.59. The Kier molecular flexibility index (Phi) is 2.29. The highest BCUT2D eigenvalue weighted by Gasteiger charge is 2.07. The topological polar surface area (TPSA) is 71.5 Å². The van der Waals surface area contributed by atoms with Crippen LogP contribution in [0.15, 0.2) is 34.6 Å². The highest BCUT2D eigenvalue weighted by atomic mass is 32.2. The Morgan fingerprint density at radius 1 is 1.29 bits per heavy atom. The summed E-state index contributed by atoms with van der Waals surface area (Å²) < 4.78 is 0. The number of fused-ring (bicyclic) bond motifs is 3. The molecule has 1 N–H and O–H groups in total. The van der Waals surface area contributed by atoms with Crippen LogP contribution >= 0.6 is 11.8 Å². The van der Waals surface area contributed by atoms with Gasteiger partial charge in [0, 0.05) is 23.2 Å². The maximum Gasteiger partial charge on any atom is 0.275 e. The molecule has 0 amide bonds. The standard InChI is InChI=1S/C11H8N4OS/c1-17-11-13-4-7-6-2-3-12-5-8(6)14-10(16)9(7)15-11/h2-5H,1H3,(H,14,16). The van der Waals surface area contributed by atoms with Gasteiger partial charge < -0.3 is 4.98 Å². The number of rotatable bonds is 1. The largest absolute Gasteiger partial charge is 0.319 e. The molecule has 0 radical (unpaired) electrons. The van der Waals surface area contributed by atoms with Crippen LogP contribution in [0.1, 0.15) is 0 Å². The van der Waals surface area contributed by atoms with Gasteiger partial charge in [0.15, 0.2) is 5.16 Å². The molecule has 3 rings (SSSR count). The first kappa shape index (κ1) is 10.2. The molecule has 0 atom stereocenters. The van der Waals surface area contributed by atoms with E-state index < -0.39 is 0 Å². The molecule has 0 saturated heterocycles. The lowest BCUT2D eigenvalue weighted by atomic mass is 10.2. The van der Waals surface area contributed by atoms with Crippen LogP contribution in [-0.2, 0) is 0 Å². The minimum Gasteiger partial charge on any atom is -0.319 e. The van der Waals surface area contributed by atoms with E-state index in [1.165, 1.54) is 11.8 Å². The predicted molar refractivity (Wildman–Crippen MR) is 67.2 cm³/mol. The van der Waals surface area contributed by atoms with Crippen molar-refractivity contribution in [3.05, 3.63) is 35.0 Å². The Labute approximate surface area is 100 Å². The summed E-state index contributed by atoms with van der Waals surface area (Å²) in [6, 6.07) is 1.84. The van der Waals surface area contributed by atoms with Gasteiger partial charge in [-0.25, -0.2) is 9.97 Å². The molecule has 0 aliphatic heterocycles. The first-order valence-corrected chi connectivity index (χ1v) is 6.19. The van der Waals surface area contributed by atoms with E-state index in [2.05, 4.69) is 19.9 Å². The van der Waals surface area contributed by atoms with Crippen molar-refractivity contribution in [3.63, 3.8) is 0 Å². The van der Waals surface area contributed by atoms with Gasteiger partial charge in [0.25, 0.3) is 5.56 Å². The van der Waals surface area contributed by atoms with E-state index in [0.717, 1.165) is 10.8 Å². The van der Waals surface area contributed by atoms with E-state index in [1.54, 1.807) is 18.6 Å². The van der Waals surface area contributed by atoms with Crippen molar-refractivity contribution in [2.75, 3.05) is 6.26 Å². The van der Waals surface area contributed by atoms with E-state index in [9.17, 15) is 4.79 Å². The minimum absolute atomic E-state index is 0.210. The molecule has 0 bridgehead atoms.